The molecule has 5 rings (SSSR count). The molecular weight excluding hydrogens is 478 g/mol. The molecule has 0 bridgehead atoms. The zero-order valence-corrected chi connectivity index (χ0v) is 18.4. The van der Waals surface area contributed by atoms with E-state index in [1.807, 2.05) is 43.3 Å². The Morgan fingerprint density at radius 3 is 2.38 bits per heavy atom. The molecule has 1 saturated carbocycles. The summed E-state index contributed by atoms with van der Waals surface area (Å²) in [7, 11) is 0. The van der Waals surface area contributed by atoms with E-state index >= 15 is 0 Å². The third kappa shape index (κ3) is 2.65. The first-order valence-corrected chi connectivity index (χ1v) is 10.6. The Hall–Kier alpha value is -3.52. The van der Waals surface area contributed by atoms with Crippen LogP contribution in [0.3, 0.4) is 0 Å². The Morgan fingerprint density at radius 1 is 1.06 bits per heavy atom. The summed E-state index contributed by atoms with van der Waals surface area (Å²) in [5.74, 6) is -1.34. The number of non-ortho nitro benzene ring substituents is 1. The van der Waals surface area contributed by atoms with Gasteiger partial charge < -0.3 is 9.47 Å². The van der Waals surface area contributed by atoms with Crippen molar-refractivity contribution < 1.29 is 24.0 Å². The summed E-state index contributed by atoms with van der Waals surface area (Å²) < 4.78 is 12.1. The first-order chi connectivity index (χ1) is 15.3. The summed E-state index contributed by atoms with van der Waals surface area (Å²) >= 11 is 3.42. The molecule has 0 aromatic heterocycles. The average Bonchev–Trinajstić information content (AvgIpc) is 3.38. The van der Waals surface area contributed by atoms with Crippen LogP contribution in [0.1, 0.15) is 24.0 Å². The molecule has 0 radical (unpaired) electrons. The van der Waals surface area contributed by atoms with E-state index in [4.69, 9.17) is 9.47 Å². The third-order valence-corrected chi connectivity index (χ3v) is 7.05. The lowest BCUT2D eigenvalue weighted by atomic mass is 9.87. The minimum Gasteiger partial charge on any atom is -0.426 e. The van der Waals surface area contributed by atoms with Crippen molar-refractivity contribution in [2.75, 3.05) is 0 Å². The minimum absolute atomic E-state index is 0.116. The molecule has 3 atom stereocenters. The Morgan fingerprint density at radius 2 is 1.72 bits per heavy atom. The van der Waals surface area contributed by atoms with Crippen LogP contribution in [0, 0.1) is 15.5 Å². The molecule has 0 N–H and O–H groups in total. The van der Waals surface area contributed by atoms with Crippen molar-refractivity contribution in [1.29, 1.82) is 0 Å². The summed E-state index contributed by atoms with van der Waals surface area (Å²) in [4.78, 5) is 37.2. The number of nitro benzene ring substituents is 1. The van der Waals surface area contributed by atoms with Crippen molar-refractivity contribution in [3.05, 3.63) is 98.5 Å². The molecule has 0 spiro atoms. The molecule has 0 amide bonds. The third-order valence-electron chi connectivity index (χ3n) is 6.52. The number of hydrogen-bond acceptors (Lipinski definition) is 6. The van der Waals surface area contributed by atoms with Gasteiger partial charge in [-0.25, -0.2) is 0 Å². The van der Waals surface area contributed by atoms with Crippen molar-refractivity contribution in [2.45, 2.75) is 18.3 Å². The van der Waals surface area contributed by atoms with Gasteiger partial charge in [0.15, 0.2) is 5.41 Å². The SMILES string of the molecule is CC1(c2ccc(Br)cc2)C2c3ccccc3OC(=O)C21C(=O)Oc1ccc([N+](=O)[O-])cc1. The number of hydrogen-bond donors (Lipinski definition) is 0. The Bertz CT molecular complexity index is 1270. The summed E-state index contributed by atoms with van der Waals surface area (Å²) in [6, 6.07) is 19.8. The van der Waals surface area contributed by atoms with Crippen LogP contribution in [-0.4, -0.2) is 16.9 Å². The molecule has 160 valence electrons. The second-order valence-electron chi connectivity index (χ2n) is 8.02. The highest BCUT2D eigenvalue weighted by Gasteiger charge is 2.86. The van der Waals surface area contributed by atoms with Crippen LogP contribution in [0.15, 0.2) is 77.3 Å². The Balaban J connectivity index is 1.60. The molecule has 32 heavy (non-hydrogen) atoms. The molecule has 3 unspecified atom stereocenters. The van der Waals surface area contributed by atoms with Crippen LogP contribution in [0.2, 0.25) is 0 Å². The van der Waals surface area contributed by atoms with Crippen molar-refractivity contribution in [3.63, 3.8) is 0 Å². The van der Waals surface area contributed by atoms with Crippen LogP contribution in [0.5, 0.6) is 11.5 Å². The van der Waals surface area contributed by atoms with Crippen molar-refractivity contribution >= 4 is 33.6 Å². The predicted molar refractivity (Wildman–Crippen MR) is 117 cm³/mol. The number of halogens is 1. The zero-order valence-electron chi connectivity index (χ0n) is 16.8. The molecule has 1 aliphatic carbocycles. The number of rotatable bonds is 4. The number of nitrogens with zero attached hydrogens (tertiary/aromatic N) is 1. The number of fused-ring (bicyclic) bond motifs is 3. The van der Waals surface area contributed by atoms with Gasteiger partial charge in [0.05, 0.1) is 4.92 Å². The highest BCUT2D eigenvalue weighted by atomic mass is 79.9. The van der Waals surface area contributed by atoms with E-state index < -0.39 is 33.6 Å². The van der Waals surface area contributed by atoms with Gasteiger partial charge in [-0.15, -0.1) is 0 Å². The molecule has 7 nitrogen and oxygen atoms in total. The van der Waals surface area contributed by atoms with Crippen molar-refractivity contribution in [2.24, 2.45) is 5.41 Å². The average molecular weight is 494 g/mol. The topological polar surface area (TPSA) is 95.7 Å². The molecule has 1 fully saturated rings. The summed E-state index contributed by atoms with van der Waals surface area (Å²) in [5.41, 5.74) is -1.03. The number of carbonyl (C=O) groups excluding carboxylic acids is 2. The van der Waals surface area contributed by atoms with Crippen LogP contribution in [-0.2, 0) is 15.0 Å². The molecule has 3 aromatic carbocycles. The molecular formula is C24H16BrNO6. The van der Waals surface area contributed by atoms with Gasteiger partial charge in [0, 0.05) is 33.5 Å². The van der Waals surface area contributed by atoms with Gasteiger partial charge >= 0.3 is 11.9 Å². The Kier molecular flexibility index (Phi) is 4.46. The van der Waals surface area contributed by atoms with Crippen molar-refractivity contribution in [1.82, 2.24) is 0 Å². The normalized spacial score (nSPS) is 25.2. The first-order valence-electron chi connectivity index (χ1n) is 9.84. The van der Waals surface area contributed by atoms with Crippen LogP contribution >= 0.6 is 15.9 Å². The maximum Gasteiger partial charge on any atom is 0.330 e. The summed E-state index contributed by atoms with van der Waals surface area (Å²) in [6.07, 6.45) is 0. The van der Waals surface area contributed by atoms with Gasteiger partial charge in [-0.2, -0.15) is 0 Å². The van der Waals surface area contributed by atoms with Gasteiger partial charge in [-0.05, 0) is 35.9 Å². The second kappa shape index (κ2) is 7.00. The molecule has 8 heteroatoms. The molecule has 3 aromatic rings. The van der Waals surface area contributed by atoms with E-state index in [0.29, 0.717) is 5.75 Å². The largest absolute Gasteiger partial charge is 0.426 e. The maximum atomic E-state index is 13.6. The lowest BCUT2D eigenvalue weighted by Crippen LogP contribution is -2.40. The highest BCUT2D eigenvalue weighted by Crippen LogP contribution is 2.77. The number of ether oxygens (including phenoxy) is 2. The highest BCUT2D eigenvalue weighted by molar-refractivity contribution is 9.10. The molecule has 2 aliphatic rings. The van der Waals surface area contributed by atoms with E-state index in [0.717, 1.165) is 15.6 Å². The monoisotopic (exact) mass is 493 g/mol. The van der Waals surface area contributed by atoms with E-state index in [9.17, 15) is 19.7 Å². The zero-order chi connectivity index (χ0) is 22.7. The minimum atomic E-state index is -1.57. The van der Waals surface area contributed by atoms with Gasteiger partial charge in [0.1, 0.15) is 11.5 Å². The summed E-state index contributed by atoms with van der Waals surface area (Å²) in [5, 5.41) is 10.9. The van der Waals surface area contributed by atoms with Crippen molar-refractivity contribution in [3.8, 4) is 11.5 Å². The first kappa shape index (κ1) is 20.4. The van der Waals surface area contributed by atoms with Gasteiger partial charge in [0.25, 0.3) is 5.69 Å². The smallest absolute Gasteiger partial charge is 0.330 e. The van der Waals surface area contributed by atoms with Gasteiger partial charge in [-0.3, -0.25) is 19.7 Å². The van der Waals surface area contributed by atoms with Crippen LogP contribution in [0.25, 0.3) is 0 Å². The lowest BCUT2D eigenvalue weighted by Gasteiger charge is -2.22. The number of nitro groups is 1. The van der Waals surface area contributed by atoms with E-state index in [1.54, 1.807) is 12.1 Å². The van der Waals surface area contributed by atoms with Crippen LogP contribution in [0.4, 0.5) is 5.69 Å². The van der Waals surface area contributed by atoms with E-state index in [2.05, 4.69) is 15.9 Å². The number of para-hydroxylation sites is 1. The Labute approximate surface area is 191 Å². The quantitative estimate of drug-likeness (QED) is 0.168. The molecule has 0 saturated heterocycles. The lowest BCUT2D eigenvalue weighted by molar-refractivity contribution is -0.384. The number of benzene rings is 3. The molecule has 1 heterocycles. The van der Waals surface area contributed by atoms with E-state index in [-0.39, 0.29) is 11.4 Å². The predicted octanol–water partition coefficient (Wildman–Crippen LogP) is 4.92. The number of esters is 2. The van der Waals surface area contributed by atoms with Crippen LogP contribution < -0.4 is 9.47 Å². The van der Waals surface area contributed by atoms with Gasteiger partial charge in [-0.1, -0.05) is 53.2 Å². The fourth-order valence-electron chi connectivity index (χ4n) is 4.91. The maximum absolute atomic E-state index is 13.6. The standard InChI is InChI=1S/C24H16BrNO6/c1-23(14-6-8-15(25)9-7-14)20-18-4-2-3-5-19(18)32-22(28)24(20,23)21(27)31-17-12-10-16(11-13-17)26(29)30/h2-13,20H,1H3. The van der Waals surface area contributed by atoms with E-state index in [1.165, 1.54) is 24.3 Å². The summed E-state index contributed by atoms with van der Waals surface area (Å²) in [6.45, 7) is 1.86. The fraction of sp³-hybridized carbons (Fsp3) is 0.167. The van der Waals surface area contributed by atoms with Gasteiger partial charge in [0.2, 0.25) is 0 Å². The fourth-order valence-corrected chi connectivity index (χ4v) is 5.18. The number of carbonyl (C=O) groups is 2. The molecule has 1 aliphatic heterocycles. The second-order valence-corrected chi connectivity index (χ2v) is 8.93.